The minimum atomic E-state index is -4.98. The van der Waals surface area contributed by atoms with E-state index in [0.29, 0.717) is 16.7 Å². The highest BCUT2D eigenvalue weighted by atomic mass is 35.5. The molecule has 214 valence electrons. The van der Waals surface area contributed by atoms with Crippen molar-refractivity contribution in [2.24, 2.45) is 7.05 Å². The number of amides is 2. The van der Waals surface area contributed by atoms with Crippen molar-refractivity contribution in [3.63, 3.8) is 0 Å². The summed E-state index contributed by atoms with van der Waals surface area (Å²) < 4.78 is 96.3. The number of fused-ring (bicyclic) bond motifs is 3. The first kappa shape index (κ1) is 28.2. The van der Waals surface area contributed by atoms with Gasteiger partial charge in [-0.15, -0.1) is 0 Å². The fourth-order valence-corrected chi connectivity index (χ4v) is 5.10. The van der Waals surface area contributed by atoms with Crippen LogP contribution >= 0.6 is 11.6 Å². The summed E-state index contributed by atoms with van der Waals surface area (Å²) in [6.45, 7) is -1.08. The zero-order valence-corrected chi connectivity index (χ0v) is 21.3. The van der Waals surface area contributed by atoms with Crippen molar-refractivity contribution in [2.45, 2.75) is 25.2 Å². The molecule has 1 aliphatic heterocycles. The second-order valence-corrected chi connectivity index (χ2v) is 9.58. The van der Waals surface area contributed by atoms with Crippen molar-refractivity contribution in [3.05, 3.63) is 97.4 Å². The predicted octanol–water partition coefficient (Wildman–Crippen LogP) is 5.64. The third kappa shape index (κ3) is 4.92. The summed E-state index contributed by atoms with van der Waals surface area (Å²) in [4.78, 5) is 39.2. The summed E-state index contributed by atoms with van der Waals surface area (Å²) in [6, 6.07) is 4.23. The number of anilines is 1. The lowest BCUT2D eigenvalue weighted by atomic mass is 9.95. The molecule has 15 heteroatoms. The van der Waals surface area contributed by atoms with Gasteiger partial charge in [-0.3, -0.25) is 18.7 Å². The van der Waals surface area contributed by atoms with Crippen LogP contribution in [-0.4, -0.2) is 27.4 Å². The van der Waals surface area contributed by atoms with Gasteiger partial charge in [-0.25, -0.2) is 22.4 Å². The Morgan fingerprint density at radius 3 is 2.44 bits per heavy atom. The molecule has 0 radical (unpaired) electrons. The highest BCUT2D eigenvalue weighted by Gasteiger charge is 2.38. The molecule has 5 rings (SSSR count). The van der Waals surface area contributed by atoms with E-state index in [4.69, 9.17) is 11.6 Å². The minimum absolute atomic E-state index is 0.00830. The third-order valence-corrected chi connectivity index (χ3v) is 6.92. The second-order valence-electron chi connectivity index (χ2n) is 9.18. The molecule has 1 aromatic heterocycles. The molecule has 1 atom stereocenters. The molecule has 0 unspecified atom stereocenters. The smallest absolute Gasteiger partial charge is 0.341 e. The highest BCUT2D eigenvalue weighted by molar-refractivity contribution is 6.31. The van der Waals surface area contributed by atoms with Crippen LogP contribution in [0.15, 0.2) is 47.3 Å². The summed E-state index contributed by atoms with van der Waals surface area (Å²) in [6.07, 6.45) is -7.98. The molecule has 3 aromatic carbocycles. The maximum atomic E-state index is 14.2. The van der Waals surface area contributed by atoms with Gasteiger partial charge in [0.1, 0.15) is 11.6 Å². The molecule has 2 heterocycles. The van der Waals surface area contributed by atoms with Crippen LogP contribution in [0.3, 0.4) is 0 Å². The molecular weight excluding hydrogens is 585 g/mol. The monoisotopic (exact) mass is 600 g/mol. The zero-order chi connectivity index (χ0) is 30.0. The first-order valence-electron chi connectivity index (χ1n) is 11.7. The molecule has 0 fully saturated rings. The van der Waals surface area contributed by atoms with Gasteiger partial charge in [0.2, 0.25) is 0 Å². The molecule has 2 amide bonds. The Morgan fingerprint density at radius 2 is 1.78 bits per heavy atom. The van der Waals surface area contributed by atoms with Crippen LogP contribution in [0.1, 0.15) is 43.4 Å². The Morgan fingerprint density at radius 1 is 1.07 bits per heavy atom. The number of aryl methyl sites for hydroxylation is 1. The van der Waals surface area contributed by atoms with Crippen LogP contribution in [0.4, 0.5) is 36.4 Å². The first-order valence-corrected chi connectivity index (χ1v) is 12.0. The van der Waals surface area contributed by atoms with Gasteiger partial charge in [-0.2, -0.15) is 13.2 Å². The van der Waals surface area contributed by atoms with E-state index < -0.39 is 65.5 Å². The highest BCUT2D eigenvalue weighted by Crippen LogP contribution is 2.43. The number of carbonyl (C=O) groups excluding carboxylic acids is 2. The van der Waals surface area contributed by atoms with Gasteiger partial charge in [0.25, 0.3) is 18.2 Å². The number of hydrogen-bond acceptors (Lipinski definition) is 3. The van der Waals surface area contributed by atoms with Crippen LogP contribution in [0.25, 0.3) is 11.0 Å². The summed E-state index contributed by atoms with van der Waals surface area (Å²) in [5.41, 5.74) is -4.01. The van der Waals surface area contributed by atoms with Crippen LogP contribution in [0.5, 0.6) is 0 Å². The van der Waals surface area contributed by atoms with E-state index in [1.54, 1.807) is 0 Å². The molecule has 0 bridgehead atoms. The topological polar surface area (TPSA) is 85.1 Å². The standard InChI is InChI=1S/C26H16ClF7N4O3/c1-37-22-17(38(25(37)41)9-18(30)31)8-16(35-23(39)10-4-11(26(32,33)34)6-13(29)5-10)19-20(22)24(40)36-21(19)14-7-12(28)2-3-15(14)27/h2-8,18,21H,9H2,1H3,(H,35,39)(H,36,40)/t21-/m1/s1. The van der Waals surface area contributed by atoms with Gasteiger partial charge in [0.15, 0.2) is 0 Å². The molecule has 7 nitrogen and oxygen atoms in total. The SMILES string of the molecule is Cn1c(=O)n(CC(F)F)c2cc(NC(=O)c3cc(F)cc(C(F)(F)F)c3)c3c(c21)C(=O)N[C@@H]3c1cc(F)ccc1Cl. The lowest BCUT2D eigenvalue weighted by Crippen LogP contribution is -2.25. The summed E-state index contributed by atoms with van der Waals surface area (Å²) in [5.74, 6) is -4.19. The fourth-order valence-electron chi connectivity index (χ4n) is 4.87. The number of carbonyl (C=O) groups is 2. The van der Waals surface area contributed by atoms with Crippen molar-refractivity contribution < 1.29 is 40.3 Å². The second kappa shape index (κ2) is 9.94. The maximum Gasteiger partial charge on any atom is 0.416 e. The number of nitrogens with zero attached hydrogens (tertiary/aromatic N) is 2. The van der Waals surface area contributed by atoms with Gasteiger partial charge in [0.05, 0.1) is 34.7 Å². The molecule has 0 aliphatic carbocycles. The van der Waals surface area contributed by atoms with Crippen molar-refractivity contribution >= 4 is 40.1 Å². The number of nitrogens with one attached hydrogen (secondary N) is 2. The van der Waals surface area contributed by atoms with E-state index in [0.717, 1.165) is 22.8 Å². The van der Waals surface area contributed by atoms with Crippen molar-refractivity contribution in [2.75, 3.05) is 5.32 Å². The summed E-state index contributed by atoms with van der Waals surface area (Å²) in [7, 11) is 1.23. The number of imidazole rings is 1. The zero-order valence-electron chi connectivity index (χ0n) is 20.5. The Kier molecular flexibility index (Phi) is 6.84. The number of alkyl halides is 5. The van der Waals surface area contributed by atoms with Crippen molar-refractivity contribution in [1.29, 1.82) is 0 Å². The minimum Gasteiger partial charge on any atom is -0.341 e. The van der Waals surface area contributed by atoms with E-state index in [-0.39, 0.29) is 44.5 Å². The lowest BCUT2D eigenvalue weighted by Gasteiger charge is -2.19. The molecule has 0 saturated heterocycles. The van der Waals surface area contributed by atoms with Gasteiger partial charge in [-0.1, -0.05) is 11.6 Å². The number of hydrogen-bond donors (Lipinski definition) is 2. The van der Waals surface area contributed by atoms with E-state index in [9.17, 15) is 45.1 Å². The van der Waals surface area contributed by atoms with Gasteiger partial charge >= 0.3 is 11.9 Å². The van der Waals surface area contributed by atoms with Crippen LogP contribution in [0.2, 0.25) is 5.02 Å². The Hall–Kier alpha value is -4.33. The van der Waals surface area contributed by atoms with Crippen LogP contribution < -0.4 is 16.3 Å². The number of benzene rings is 3. The molecular formula is C26H16ClF7N4O3. The fraction of sp³-hybridized carbons (Fsp3) is 0.192. The molecule has 41 heavy (non-hydrogen) atoms. The van der Waals surface area contributed by atoms with E-state index >= 15 is 0 Å². The van der Waals surface area contributed by atoms with Gasteiger partial charge < -0.3 is 10.6 Å². The van der Waals surface area contributed by atoms with E-state index in [2.05, 4.69) is 10.6 Å². The normalized spacial score (nSPS) is 15.0. The number of rotatable bonds is 5. The largest absolute Gasteiger partial charge is 0.416 e. The van der Waals surface area contributed by atoms with Crippen molar-refractivity contribution in [1.82, 2.24) is 14.5 Å². The number of halogens is 8. The first-order chi connectivity index (χ1) is 19.2. The molecule has 4 aromatic rings. The van der Waals surface area contributed by atoms with E-state index in [1.807, 2.05) is 0 Å². The average Bonchev–Trinajstić information content (AvgIpc) is 3.34. The molecule has 2 N–H and O–H groups in total. The number of aromatic nitrogens is 2. The Balaban J connectivity index is 1.77. The average molecular weight is 601 g/mol. The van der Waals surface area contributed by atoms with Crippen molar-refractivity contribution in [3.8, 4) is 0 Å². The predicted molar refractivity (Wildman–Crippen MR) is 133 cm³/mol. The van der Waals surface area contributed by atoms with Gasteiger partial charge in [0, 0.05) is 34.4 Å². The van der Waals surface area contributed by atoms with E-state index in [1.165, 1.54) is 13.1 Å². The van der Waals surface area contributed by atoms with Crippen LogP contribution in [0, 0.1) is 11.6 Å². The third-order valence-electron chi connectivity index (χ3n) is 6.58. The summed E-state index contributed by atoms with van der Waals surface area (Å²) >= 11 is 6.26. The molecule has 1 aliphatic rings. The Labute approximate surface area is 230 Å². The maximum absolute atomic E-state index is 14.2. The van der Waals surface area contributed by atoms with Gasteiger partial charge in [-0.05, 0) is 42.5 Å². The quantitative estimate of drug-likeness (QED) is 0.291. The lowest BCUT2D eigenvalue weighted by molar-refractivity contribution is -0.137. The van der Waals surface area contributed by atoms with Crippen LogP contribution in [-0.2, 0) is 19.8 Å². The summed E-state index contributed by atoms with van der Waals surface area (Å²) in [5, 5.41) is 4.86. The molecule has 0 spiro atoms. The molecule has 0 saturated carbocycles. The Bertz CT molecular complexity index is 1810.